The van der Waals surface area contributed by atoms with Crippen molar-refractivity contribution in [3.8, 4) is 0 Å². The summed E-state index contributed by atoms with van der Waals surface area (Å²) in [6.45, 7) is 6.85. The Balaban J connectivity index is 2.51. The van der Waals surface area contributed by atoms with Crippen LogP contribution in [0.15, 0.2) is 24.3 Å². The van der Waals surface area contributed by atoms with E-state index in [1.54, 1.807) is 0 Å². The van der Waals surface area contributed by atoms with Crippen LogP contribution in [-0.2, 0) is 11.3 Å². The lowest BCUT2D eigenvalue weighted by Crippen LogP contribution is -2.39. The summed E-state index contributed by atoms with van der Waals surface area (Å²) < 4.78 is 5.63. The van der Waals surface area contributed by atoms with Crippen LogP contribution in [0.4, 0.5) is 5.69 Å². The third-order valence-electron chi connectivity index (χ3n) is 1.69. The summed E-state index contributed by atoms with van der Waals surface area (Å²) in [5, 5.41) is 0. The predicted molar refractivity (Wildman–Crippen MR) is 53.5 cm³/mol. The minimum Gasteiger partial charge on any atom is -0.371 e. The molecule has 0 saturated carbocycles. The standard InChI is InChI=1S/C11H17NO/c1-11(2,3)13-8-9-4-6-10(12)7-5-9/h4-7H,8,12H2,1-3H3/p+1. The van der Waals surface area contributed by atoms with Crippen LogP contribution >= 0.6 is 0 Å². The van der Waals surface area contributed by atoms with Crippen molar-refractivity contribution in [2.45, 2.75) is 33.0 Å². The molecular weight excluding hydrogens is 162 g/mol. The Morgan fingerprint density at radius 2 is 1.69 bits per heavy atom. The summed E-state index contributed by atoms with van der Waals surface area (Å²) in [7, 11) is 0. The Bertz CT molecular complexity index is 258. The van der Waals surface area contributed by atoms with Gasteiger partial charge in [0.2, 0.25) is 0 Å². The number of ether oxygens (including phenoxy) is 1. The normalized spacial score (nSPS) is 11.7. The maximum Gasteiger partial charge on any atom is 0.127 e. The third kappa shape index (κ3) is 4.06. The average molecular weight is 180 g/mol. The fraction of sp³-hybridized carbons (Fsp3) is 0.455. The molecule has 0 aliphatic rings. The van der Waals surface area contributed by atoms with Crippen LogP contribution in [0.25, 0.3) is 0 Å². The summed E-state index contributed by atoms with van der Waals surface area (Å²) in [5.74, 6) is 0. The molecule has 2 heteroatoms. The highest BCUT2D eigenvalue weighted by atomic mass is 16.5. The minimum atomic E-state index is -0.0663. The Morgan fingerprint density at radius 1 is 1.15 bits per heavy atom. The molecular formula is C11H18NO+. The summed E-state index contributed by atoms with van der Waals surface area (Å²) in [6, 6.07) is 8.10. The van der Waals surface area contributed by atoms with E-state index in [0.717, 1.165) is 5.69 Å². The largest absolute Gasteiger partial charge is 0.371 e. The number of hydrogen-bond donors (Lipinski definition) is 1. The van der Waals surface area contributed by atoms with Crippen molar-refractivity contribution >= 4 is 5.69 Å². The molecule has 1 aromatic rings. The van der Waals surface area contributed by atoms with Gasteiger partial charge in [0.25, 0.3) is 0 Å². The van der Waals surface area contributed by atoms with Crippen molar-refractivity contribution in [1.29, 1.82) is 0 Å². The Labute approximate surface area is 79.7 Å². The van der Waals surface area contributed by atoms with Gasteiger partial charge in [-0.05, 0) is 38.5 Å². The Kier molecular flexibility index (Phi) is 3.07. The van der Waals surface area contributed by atoms with E-state index in [0.29, 0.717) is 6.61 Å². The van der Waals surface area contributed by atoms with E-state index in [9.17, 15) is 0 Å². The Hall–Kier alpha value is -0.860. The lowest BCUT2D eigenvalue weighted by atomic mass is 10.2. The highest BCUT2D eigenvalue weighted by Gasteiger charge is 2.09. The van der Waals surface area contributed by atoms with Crippen molar-refractivity contribution in [1.82, 2.24) is 0 Å². The highest BCUT2D eigenvalue weighted by Crippen LogP contribution is 2.12. The van der Waals surface area contributed by atoms with Gasteiger partial charge in [-0.25, -0.2) is 0 Å². The lowest BCUT2D eigenvalue weighted by molar-refractivity contribution is -0.254. The molecule has 72 valence electrons. The molecule has 13 heavy (non-hydrogen) atoms. The van der Waals surface area contributed by atoms with E-state index in [2.05, 4.69) is 26.5 Å². The quantitative estimate of drug-likeness (QED) is 0.741. The monoisotopic (exact) mass is 180 g/mol. The number of quaternary nitrogens is 1. The molecule has 1 aromatic carbocycles. The maximum absolute atomic E-state index is 5.63. The first-order valence-electron chi connectivity index (χ1n) is 4.52. The summed E-state index contributed by atoms with van der Waals surface area (Å²) >= 11 is 0. The summed E-state index contributed by atoms with van der Waals surface area (Å²) in [4.78, 5) is 0. The minimum absolute atomic E-state index is 0.0663. The summed E-state index contributed by atoms with van der Waals surface area (Å²) in [5.41, 5.74) is 6.00. The third-order valence-corrected chi connectivity index (χ3v) is 1.69. The number of rotatable bonds is 2. The van der Waals surface area contributed by atoms with Crippen molar-refractivity contribution < 1.29 is 10.5 Å². The second-order valence-corrected chi connectivity index (χ2v) is 4.22. The predicted octanol–water partition coefficient (Wildman–Crippen LogP) is 1.88. The van der Waals surface area contributed by atoms with Crippen LogP contribution in [0, 0.1) is 0 Å². The molecule has 0 aliphatic heterocycles. The number of benzene rings is 1. The molecule has 0 spiro atoms. The fourth-order valence-corrected chi connectivity index (χ4v) is 0.935. The van der Waals surface area contributed by atoms with Gasteiger partial charge in [0, 0.05) is 0 Å². The number of hydrogen-bond acceptors (Lipinski definition) is 1. The molecule has 0 heterocycles. The lowest BCUT2D eigenvalue weighted by Gasteiger charge is -2.19. The molecule has 3 N–H and O–H groups in total. The van der Waals surface area contributed by atoms with Crippen molar-refractivity contribution in [2.75, 3.05) is 0 Å². The van der Waals surface area contributed by atoms with Crippen LogP contribution in [0.3, 0.4) is 0 Å². The molecule has 1 rings (SSSR count). The smallest absolute Gasteiger partial charge is 0.127 e. The van der Waals surface area contributed by atoms with Gasteiger partial charge >= 0.3 is 0 Å². The van der Waals surface area contributed by atoms with E-state index in [-0.39, 0.29) is 5.60 Å². The molecule has 0 bridgehead atoms. The molecule has 0 aromatic heterocycles. The second-order valence-electron chi connectivity index (χ2n) is 4.22. The van der Waals surface area contributed by atoms with Crippen LogP contribution in [0.1, 0.15) is 26.3 Å². The molecule has 0 unspecified atom stereocenters. The van der Waals surface area contributed by atoms with Gasteiger partial charge in [0.15, 0.2) is 0 Å². The molecule has 0 radical (unpaired) electrons. The summed E-state index contributed by atoms with van der Waals surface area (Å²) in [6.07, 6.45) is 0. The average Bonchev–Trinajstić information content (AvgIpc) is 2.02. The van der Waals surface area contributed by atoms with Gasteiger partial charge < -0.3 is 10.5 Å². The second kappa shape index (κ2) is 3.90. The van der Waals surface area contributed by atoms with E-state index in [1.165, 1.54) is 5.56 Å². The van der Waals surface area contributed by atoms with Gasteiger partial charge in [0.1, 0.15) is 5.69 Å². The first-order chi connectivity index (χ1) is 5.97. The topological polar surface area (TPSA) is 36.9 Å². The molecule has 0 amide bonds. The van der Waals surface area contributed by atoms with Gasteiger partial charge in [-0.3, -0.25) is 0 Å². The van der Waals surface area contributed by atoms with Crippen molar-refractivity contribution in [3.05, 3.63) is 29.8 Å². The SMILES string of the molecule is CC(C)(C)OCc1ccc([NH3+])cc1. The first-order valence-corrected chi connectivity index (χ1v) is 4.52. The molecule has 2 nitrogen and oxygen atoms in total. The van der Waals surface area contributed by atoms with Crippen LogP contribution in [0.2, 0.25) is 0 Å². The van der Waals surface area contributed by atoms with Crippen LogP contribution < -0.4 is 5.73 Å². The van der Waals surface area contributed by atoms with Crippen LogP contribution in [-0.4, -0.2) is 5.60 Å². The Morgan fingerprint density at radius 3 is 2.15 bits per heavy atom. The zero-order valence-corrected chi connectivity index (χ0v) is 8.63. The molecule has 0 aliphatic carbocycles. The molecule has 0 fully saturated rings. The van der Waals surface area contributed by atoms with E-state index < -0.39 is 0 Å². The zero-order valence-electron chi connectivity index (χ0n) is 8.63. The van der Waals surface area contributed by atoms with Crippen molar-refractivity contribution in [3.63, 3.8) is 0 Å². The van der Waals surface area contributed by atoms with Crippen LogP contribution in [0.5, 0.6) is 0 Å². The van der Waals surface area contributed by atoms with Gasteiger partial charge in [0.05, 0.1) is 12.2 Å². The molecule has 0 atom stereocenters. The van der Waals surface area contributed by atoms with Crippen molar-refractivity contribution in [2.24, 2.45) is 0 Å². The van der Waals surface area contributed by atoms with E-state index >= 15 is 0 Å². The van der Waals surface area contributed by atoms with E-state index in [1.807, 2.05) is 24.3 Å². The maximum atomic E-state index is 5.63. The first kappa shape index (κ1) is 10.2. The van der Waals surface area contributed by atoms with E-state index in [4.69, 9.17) is 4.74 Å². The van der Waals surface area contributed by atoms with Gasteiger partial charge in [-0.1, -0.05) is 12.1 Å². The van der Waals surface area contributed by atoms with Gasteiger partial charge in [-0.15, -0.1) is 0 Å². The fourth-order valence-electron chi connectivity index (χ4n) is 0.935. The molecule has 0 saturated heterocycles. The zero-order chi connectivity index (χ0) is 9.90. The highest BCUT2D eigenvalue weighted by molar-refractivity contribution is 5.30. The van der Waals surface area contributed by atoms with Gasteiger partial charge in [-0.2, -0.15) is 0 Å².